The molecule has 0 saturated heterocycles. The summed E-state index contributed by atoms with van der Waals surface area (Å²) >= 11 is 0. The molecular weight excluding hydrogens is 418 g/mol. The number of ether oxygens (including phenoxy) is 3. The molecule has 3 aromatic rings. The molecule has 0 fully saturated rings. The van der Waals surface area contributed by atoms with Gasteiger partial charge < -0.3 is 14.2 Å². The maximum absolute atomic E-state index is 12.2. The summed E-state index contributed by atoms with van der Waals surface area (Å²) in [5.41, 5.74) is 1.14. The van der Waals surface area contributed by atoms with Gasteiger partial charge in [0.1, 0.15) is 6.20 Å². The molecular formula is C21H17N5O6. The van der Waals surface area contributed by atoms with E-state index in [0.29, 0.717) is 28.5 Å². The molecule has 0 N–H and O–H groups in total. The molecule has 0 spiro atoms. The Morgan fingerprint density at radius 3 is 2.56 bits per heavy atom. The highest BCUT2D eigenvalue weighted by Crippen LogP contribution is 2.37. The van der Waals surface area contributed by atoms with Crippen LogP contribution in [-0.2, 0) is 9.53 Å². The Kier molecular flexibility index (Phi) is 5.62. The molecule has 0 aliphatic carbocycles. The number of methoxy groups -OCH3 is 1. The van der Waals surface area contributed by atoms with E-state index in [1.54, 1.807) is 42.7 Å². The average Bonchev–Trinajstić information content (AvgIpc) is 3.26. The third-order valence-electron chi connectivity index (χ3n) is 4.51. The SMILES string of the molecule is COc1cc(C2OC(c3ccncc3)=NN2C(C)=O)ccc1Oc1ccc([N+](=O)[O-])cn1. The van der Waals surface area contributed by atoms with E-state index >= 15 is 0 Å². The van der Waals surface area contributed by atoms with Gasteiger partial charge in [-0.25, -0.2) is 4.98 Å². The van der Waals surface area contributed by atoms with Gasteiger partial charge in [-0.2, -0.15) is 5.01 Å². The Bertz CT molecular complexity index is 1180. The molecule has 1 aromatic carbocycles. The Balaban J connectivity index is 1.59. The second-order valence-corrected chi connectivity index (χ2v) is 6.60. The summed E-state index contributed by atoms with van der Waals surface area (Å²) < 4.78 is 17.1. The van der Waals surface area contributed by atoms with Gasteiger partial charge in [0.2, 0.25) is 23.9 Å². The zero-order valence-electron chi connectivity index (χ0n) is 17.0. The van der Waals surface area contributed by atoms with Crippen LogP contribution < -0.4 is 9.47 Å². The van der Waals surface area contributed by atoms with Gasteiger partial charge in [-0.3, -0.25) is 19.9 Å². The smallest absolute Gasteiger partial charge is 0.287 e. The number of hydrogen-bond acceptors (Lipinski definition) is 9. The topological polar surface area (TPSA) is 129 Å². The van der Waals surface area contributed by atoms with Crippen molar-refractivity contribution in [2.24, 2.45) is 5.10 Å². The molecule has 0 radical (unpaired) electrons. The van der Waals surface area contributed by atoms with Crippen molar-refractivity contribution in [2.45, 2.75) is 13.2 Å². The van der Waals surface area contributed by atoms with Gasteiger partial charge >= 0.3 is 0 Å². The minimum absolute atomic E-state index is 0.146. The van der Waals surface area contributed by atoms with Gasteiger partial charge in [0, 0.05) is 42.6 Å². The summed E-state index contributed by atoms with van der Waals surface area (Å²) in [6.45, 7) is 1.39. The summed E-state index contributed by atoms with van der Waals surface area (Å²) in [6, 6.07) is 11.1. The molecule has 0 bridgehead atoms. The van der Waals surface area contributed by atoms with E-state index in [4.69, 9.17) is 14.2 Å². The molecule has 11 nitrogen and oxygen atoms in total. The molecule has 0 saturated carbocycles. The van der Waals surface area contributed by atoms with E-state index in [1.807, 2.05) is 0 Å². The number of aromatic nitrogens is 2. The summed E-state index contributed by atoms with van der Waals surface area (Å²) in [7, 11) is 1.46. The second kappa shape index (κ2) is 8.68. The molecule has 1 atom stereocenters. The van der Waals surface area contributed by atoms with E-state index < -0.39 is 11.2 Å². The van der Waals surface area contributed by atoms with Crippen LogP contribution in [-0.4, -0.2) is 38.8 Å². The van der Waals surface area contributed by atoms with Crippen LogP contribution in [0.2, 0.25) is 0 Å². The van der Waals surface area contributed by atoms with Gasteiger partial charge in [-0.15, -0.1) is 5.10 Å². The first-order valence-corrected chi connectivity index (χ1v) is 9.38. The first-order chi connectivity index (χ1) is 15.5. The number of hydrogen-bond donors (Lipinski definition) is 0. The van der Waals surface area contributed by atoms with Crippen LogP contribution in [0.3, 0.4) is 0 Å². The number of pyridine rings is 2. The summed E-state index contributed by atoms with van der Waals surface area (Å²) in [4.78, 5) is 30.3. The zero-order chi connectivity index (χ0) is 22.7. The maximum Gasteiger partial charge on any atom is 0.287 e. The molecule has 3 heterocycles. The third kappa shape index (κ3) is 4.17. The number of benzene rings is 1. The quantitative estimate of drug-likeness (QED) is 0.425. The Morgan fingerprint density at radius 2 is 1.94 bits per heavy atom. The second-order valence-electron chi connectivity index (χ2n) is 6.60. The minimum atomic E-state index is -0.795. The van der Waals surface area contributed by atoms with Crippen LogP contribution in [0.4, 0.5) is 5.69 Å². The van der Waals surface area contributed by atoms with Gasteiger partial charge in [0.05, 0.1) is 12.0 Å². The normalized spacial score (nSPS) is 15.0. The predicted molar refractivity (Wildman–Crippen MR) is 111 cm³/mol. The van der Waals surface area contributed by atoms with Gasteiger partial charge in [0.15, 0.2) is 11.5 Å². The van der Waals surface area contributed by atoms with E-state index in [1.165, 1.54) is 31.2 Å². The van der Waals surface area contributed by atoms with Crippen molar-refractivity contribution in [3.63, 3.8) is 0 Å². The fourth-order valence-corrected chi connectivity index (χ4v) is 2.97. The Hall–Kier alpha value is -4.54. The zero-order valence-corrected chi connectivity index (χ0v) is 17.0. The van der Waals surface area contributed by atoms with Crippen molar-refractivity contribution in [3.05, 3.63) is 82.3 Å². The highest BCUT2D eigenvalue weighted by molar-refractivity contribution is 5.96. The van der Waals surface area contributed by atoms with Crippen LogP contribution in [0.1, 0.15) is 24.3 Å². The van der Waals surface area contributed by atoms with Gasteiger partial charge in [-0.05, 0) is 30.3 Å². The molecule has 4 rings (SSSR count). The average molecular weight is 435 g/mol. The molecule has 162 valence electrons. The minimum Gasteiger partial charge on any atom is -0.493 e. The van der Waals surface area contributed by atoms with Crippen LogP contribution in [0.25, 0.3) is 0 Å². The van der Waals surface area contributed by atoms with Crippen LogP contribution >= 0.6 is 0 Å². The van der Waals surface area contributed by atoms with Crippen molar-refractivity contribution in [3.8, 4) is 17.4 Å². The number of amides is 1. The summed E-state index contributed by atoms with van der Waals surface area (Å²) in [5.74, 6) is 0.843. The molecule has 1 aliphatic rings. The fraction of sp³-hybridized carbons (Fsp3) is 0.143. The van der Waals surface area contributed by atoms with Crippen LogP contribution in [0, 0.1) is 10.1 Å². The van der Waals surface area contributed by atoms with E-state index in [2.05, 4.69) is 15.1 Å². The van der Waals surface area contributed by atoms with Crippen molar-refractivity contribution in [1.29, 1.82) is 0 Å². The number of nitrogens with zero attached hydrogens (tertiary/aromatic N) is 5. The highest BCUT2D eigenvalue weighted by Gasteiger charge is 2.33. The molecule has 32 heavy (non-hydrogen) atoms. The first kappa shape index (κ1) is 20.7. The lowest BCUT2D eigenvalue weighted by Gasteiger charge is -2.20. The third-order valence-corrected chi connectivity index (χ3v) is 4.51. The summed E-state index contributed by atoms with van der Waals surface area (Å²) in [5, 5.41) is 16.3. The lowest BCUT2D eigenvalue weighted by molar-refractivity contribution is -0.385. The Labute approximate surface area is 182 Å². The number of nitro groups is 1. The monoisotopic (exact) mass is 435 g/mol. The lowest BCUT2D eigenvalue weighted by atomic mass is 10.1. The predicted octanol–water partition coefficient (Wildman–Crippen LogP) is 3.42. The van der Waals surface area contributed by atoms with Crippen molar-refractivity contribution in [2.75, 3.05) is 7.11 Å². The number of carbonyl (C=O) groups excluding carboxylic acids is 1. The van der Waals surface area contributed by atoms with Crippen molar-refractivity contribution < 1.29 is 23.9 Å². The molecule has 1 amide bonds. The summed E-state index contributed by atoms with van der Waals surface area (Å²) in [6.07, 6.45) is 3.52. The van der Waals surface area contributed by atoms with Gasteiger partial charge in [-0.1, -0.05) is 0 Å². The number of carbonyl (C=O) groups is 1. The van der Waals surface area contributed by atoms with Crippen molar-refractivity contribution >= 4 is 17.5 Å². The molecule has 1 unspecified atom stereocenters. The maximum atomic E-state index is 12.2. The lowest BCUT2D eigenvalue weighted by Crippen LogP contribution is -2.25. The fourth-order valence-electron chi connectivity index (χ4n) is 2.97. The largest absolute Gasteiger partial charge is 0.493 e. The van der Waals surface area contributed by atoms with Crippen LogP contribution in [0.15, 0.2) is 66.2 Å². The van der Waals surface area contributed by atoms with E-state index in [0.717, 1.165) is 6.20 Å². The Morgan fingerprint density at radius 1 is 1.16 bits per heavy atom. The van der Waals surface area contributed by atoms with Gasteiger partial charge in [0.25, 0.3) is 5.69 Å². The van der Waals surface area contributed by atoms with Crippen molar-refractivity contribution in [1.82, 2.24) is 15.0 Å². The van der Waals surface area contributed by atoms with E-state index in [9.17, 15) is 14.9 Å². The van der Waals surface area contributed by atoms with Crippen LogP contribution in [0.5, 0.6) is 17.4 Å². The first-order valence-electron chi connectivity index (χ1n) is 9.38. The molecule has 11 heteroatoms. The molecule has 1 aliphatic heterocycles. The highest BCUT2D eigenvalue weighted by atomic mass is 16.6. The standard InChI is InChI=1S/C21H17N5O6/c1-13(27)25-21(32-20(24-25)14-7-9-22-10-8-14)15-3-5-17(18(11-15)30-2)31-19-6-4-16(12-23-19)26(28)29/h3-12,21H,1-2H3. The molecule has 2 aromatic heterocycles. The number of hydrazone groups is 1. The number of rotatable bonds is 6. The van der Waals surface area contributed by atoms with E-state index in [-0.39, 0.29) is 17.5 Å².